The third-order valence-electron chi connectivity index (χ3n) is 3.12. The minimum absolute atomic E-state index is 0.0904. The molecule has 0 amide bonds. The highest BCUT2D eigenvalue weighted by molar-refractivity contribution is 7.91. The summed E-state index contributed by atoms with van der Waals surface area (Å²) in [7, 11) is -2.98. The number of sulfone groups is 1. The molecular formula is C12H16N2O4S. The molecule has 1 saturated heterocycles. The van der Waals surface area contributed by atoms with Crippen LogP contribution in [0.1, 0.15) is 23.2 Å². The second-order valence-electron chi connectivity index (χ2n) is 4.71. The van der Waals surface area contributed by atoms with Crippen LogP contribution in [0.3, 0.4) is 0 Å². The largest absolute Gasteiger partial charge is 0.478 e. The Kier molecular flexibility index (Phi) is 3.66. The normalized spacial score (nSPS) is 21.8. The number of nitrogen functional groups attached to an aromatic ring is 1. The highest BCUT2D eigenvalue weighted by Gasteiger charge is 2.24. The van der Waals surface area contributed by atoms with Gasteiger partial charge in [-0.3, -0.25) is 0 Å². The van der Waals surface area contributed by atoms with Crippen LogP contribution < -0.4 is 11.1 Å². The van der Waals surface area contributed by atoms with Crippen molar-refractivity contribution < 1.29 is 18.3 Å². The zero-order valence-electron chi connectivity index (χ0n) is 10.3. The molecule has 2 rings (SSSR count). The van der Waals surface area contributed by atoms with Gasteiger partial charge in [-0.1, -0.05) is 0 Å². The summed E-state index contributed by atoms with van der Waals surface area (Å²) in [5.74, 6) is -0.718. The van der Waals surface area contributed by atoms with Gasteiger partial charge < -0.3 is 16.2 Å². The number of carboxylic acid groups (broad SMARTS) is 1. The maximum absolute atomic E-state index is 11.5. The highest BCUT2D eigenvalue weighted by Crippen LogP contribution is 2.23. The van der Waals surface area contributed by atoms with Gasteiger partial charge in [0, 0.05) is 6.04 Å². The van der Waals surface area contributed by atoms with E-state index in [0.717, 1.165) is 6.42 Å². The molecule has 0 bridgehead atoms. The minimum atomic E-state index is -2.98. The first-order chi connectivity index (χ1) is 8.87. The lowest BCUT2D eigenvalue weighted by molar-refractivity contribution is 0.0697. The van der Waals surface area contributed by atoms with Crippen LogP contribution in [0.2, 0.25) is 0 Å². The molecule has 1 aromatic carbocycles. The van der Waals surface area contributed by atoms with Crippen molar-refractivity contribution in [3.05, 3.63) is 23.8 Å². The fraction of sp³-hybridized carbons (Fsp3) is 0.417. The maximum Gasteiger partial charge on any atom is 0.335 e. The van der Waals surface area contributed by atoms with Crippen LogP contribution in [0.4, 0.5) is 11.4 Å². The van der Waals surface area contributed by atoms with E-state index >= 15 is 0 Å². The molecule has 1 aliphatic rings. The molecule has 1 atom stereocenters. The Balaban J connectivity index is 2.13. The molecule has 0 aromatic heterocycles. The summed E-state index contributed by atoms with van der Waals surface area (Å²) in [4.78, 5) is 10.8. The number of nitrogens with two attached hydrogens (primary N) is 1. The molecule has 7 heteroatoms. The van der Waals surface area contributed by atoms with Crippen molar-refractivity contribution in [3.63, 3.8) is 0 Å². The second kappa shape index (κ2) is 5.08. The van der Waals surface area contributed by atoms with Gasteiger partial charge in [0.2, 0.25) is 0 Å². The van der Waals surface area contributed by atoms with E-state index in [1.807, 2.05) is 0 Å². The zero-order valence-corrected chi connectivity index (χ0v) is 11.1. The maximum atomic E-state index is 11.5. The molecule has 1 aliphatic heterocycles. The first-order valence-electron chi connectivity index (χ1n) is 5.97. The molecule has 4 N–H and O–H groups in total. The summed E-state index contributed by atoms with van der Waals surface area (Å²) in [6.07, 6.45) is 1.40. The number of carbonyl (C=O) groups is 1. The van der Waals surface area contributed by atoms with Gasteiger partial charge in [-0.05, 0) is 31.0 Å². The molecule has 0 saturated carbocycles. The van der Waals surface area contributed by atoms with E-state index in [2.05, 4.69) is 5.32 Å². The molecule has 104 valence electrons. The first-order valence-corrected chi connectivity index (χ1v) is 7.79. The first kappa shape index (κ1) is 13.7. The lowest BCUT2D eigenvalue weighted by Crippen LogP contribution is -2.35. The standard InChI is InChI=1S/C12H16N2O4S/c13-10-6-8(12(15)16)3-4-11(10)14-9-2-1-5-19(17,18)7-9/h3-4,6,9,14H,1-2,5,7,13H2,(H,15,16). The second-order valence-corrected chi connectivity index (χ2v) is 6.93. The third kappa shape index (κ3) is 3.37. The zero-order chi connectivity index (χ0) is 14.0. The average molecular weight is 284 g/mol. The summed E-state index contributed by atoms with van der Waals surface area (Å²) in [5, 5.41) is 11.9. The van der Waals surface area contributed by atoms with Crippen LogP contribution in [0, 0.1) is 0 Å². The lowest BCUT2D eigenvalue weighted by Gasteiger charge is -2.24. The summed E-state index contributed by atoms with van der Waals surface area (Å²) in [5.41, 5.74) is 6.76. The predicted octanol–water partition coefficient (Wildman–Crippen LogP) is 0.956. The van der Waals surface area contributed by atoms with Crippen molar-refractivity contribution in [3.8, 4) is 0 Å². The van der Waals surface area contributed by atoms with Gasteiger partial charge in [0.05, 0.1) is 28.4 Å². The number of anilines is 2. The number of rotatable bonds is 3. The number of nitrogens with one attached hydrogen (secondary N) is 1. The Morgan fingerprint density at radius 1 is 1.42 bits per heavy atom. The van der Waals surface area contributed by atoms with E-state index in [-0.39, 0.29) is 23.1 Å². The third-order valence-corrected chi connectivity index (χ3v) is 4.94. The molecule has 1 heterocycles. The van der Waals surface area contributed by atoms with Crippen molar-refractivity contribution >= 4 is 27.2 Å². The minimum Gasteiger partial charge on any atom is -0.478 e. The fourth-order valence-corrected chi connectivity index (χ4v) is 3.82. The Hall–Kier alpha value is -1.76. The lowest BCUT2D eigenvalue weighted by atomic mass is 10.1. The number of benzene rings is 1. The van der Waals surface area contributed by atoms with E-state index in [1.165, 1.54) is 12.1 Å². The van der Waals surface area contributed by atoms with Crippen molar-refractivity contribution in [2.45, 2.75) is 18.9 Å². The topological polar surface area (TPSA) is 109 Å². The molecule has 1 fully saturated rings. The molecule has 19 heavy (non-hydrogen) atoms. The van der Waals surface area contributed by atoms with Gasteiger partial charge >= 0.3 is 5.97 Å². The highest BCUT2D eigenvalue weighted by atomic mass is 32.2. The summed E-state index contributed by atoms with van der Waals surface area (Å²) in [6.45, 7) is 0. The van der Waals surface area contributed by atoms with Gasteiger partial charge in [-0.25, -0.2) is 13.2 Å². The Morgan fingerprint density at radius 3 is 2.74 bits per heavy atom. The van der Waals surface area contributed by atoms with Crippen LogP contribution in [0.15, 0.2) is 18.2 Å². The monoisotopic (exact) mass is 284 g/mol. The average Bonchev–Trinajstić information content (AvgIpc) is 2.30. The van der Waals surface area contributed by atoms with E-state index in [4.69, 9.17) is 10.8 Å². The molecule has 1 aromatic rings. The quantitative estimate of drug-likeness (QED) is 0.713. The SMILES string of the molecule is Nc1cc(C(=O)O)ccc1NC1CCCS(=O)(=O)C1. The van der Waals surface area contributed by atoms with Crippen molar-refractivity contribution in [1.29, 1.82) is 0 Å². The van der Waals surface area contributed by atoms with Gasteiger partial charge in [0.25, 0.3) is 0 Å². The van der Waals surface area contributed by atoms with Gasteiger partial charge in [-0.2, -0.15) is 0 Å². The number of aromatic carboxylic acids is 1. The predicted molar refractivity (Wildman–Crippen MR) is 73.1 cm³/mol. The van der Waals surface area contributed by atoms with Gasteiger partial charge in [0.15, 0.2) is 9.84 Å². The Bertz CT molecular complexity index is 598. The van der Waals surface area contributed by atoms with Crippen molar-refractivity contribution in [2.75, 3.05) is 22.6 Å². The molecule has 1 unspecified atom stereocenters. The molecule has 0 spiro atoms. The van der Waals surface area contributed by atoms with Gasteiger partial charge in [-0.15, -0.1) is 0 Å². The Morgan fingerprint density at radius 2 is 2.16 bits per heavy atom. The summed E-state index contributed by atoms with van der Waals surface area (Å²) >= 11 is 0. The smallest absolute Gasteiger partial charge is 0.335 e. The number of hydrogen-bond donors (Lipinski definition) is 3. The van der Waals surface area contributed by atoms with Crippen molar-refractivity contribution in [2.24, 2.45) is 0 Å². The van der Waals surface area contributed by atoms with E-state index in [0.29, 0.717) is 17.8 Å². The number of carboxylic acids is 1. The van der Waals surface area contributed by atoms with Crippen LogP contribution in [-0.2, 0) is 9.84 Å². The van der Waals surface area contributed by atoms with E-state index < -0.39 is 15.8 Å². The summed E-state index contributed by atoms with van der Waals surface area (Å²) < 4.78 is 23.1. The Labute approximate surface area is 111 Å². The van der Waals surface area contributed by atoms with Crippen molar-refractivity contribution in [1.82, 2.24) is 0 Å². The van der Waals surface area contributed by atoms with Crippen LogP contribution >= 0.6 is 0 Å². The summed E-state index contributed by atoms with van der Waals surface area (Å²) in [6, 6.07) is 4.21. The van der Waals surface area contributed by atoms with E-state index in [9.17, 15) is 13.2 Å². The fourth-order valence-electron chi connectivity index (χ4n) is 2.18. The number of hydrogen-bond acceptors (Lipinski definition) is 5. The van der Waals surface area contributed by atoms with Gasteiger partial charge in [0.1, 0.15) is 0 Å². The molecule has 0 aliphatic carbocycles. The van der Waals surface area contributed by atoms with E-state index in [1.54, 1.807) is 6.07 Å². The molecule has 6 nitrogen and oxygen atoms in total. The van der Waals surface area contributed by atoms with Crippen LogP contribution in [0.5, 0.6) is 0 Å². The molecular weight excluding hydrogens is 268 g/mol. The van der Waals surface area contributed by atoms with Crippen LogP contribution in [-0.4, -0.2) is 37.0 Å². The van der Waals surface area contributed by atoms with Crippen LogP contribution in [0.25, 0.3) is 0 Å². The molecule has 0 radical (unpaired) electrons.